The van der Waals surface area contributed by atoms with Gasteiger partial charge in [0.25, 0.3) is 0 Å². The average Bonchev–Trinajstić information content (AvgIpc) is 2.57. The molecule has 0 radical (unpaired) electrons. The number of hydrogen-bond donors (Lipinski definition) is 0. The number of halogens is 1. The number of aromatic nitrogens is 2. The predicted octanol–water partition coefficient (Wildman–Crippen LogP) is 2.58. The third-order valence-corrected chi connectivity index (χ3v) is 4.24. The Balaban J connectivity index is 2.00. The summed E-state index contributed by atoms with van der Waals surface area (Å²) in [7, 11) is -0.398. The molecule has 0 unspecified atom stereocenters. The van der Waals surface area contributed by atoms with E-state index in [2.05, 4.69) is 9.97 Å². The quantitative estimate of drug-likeness (QED) is 0.757. The van der Waals surface area contributed by atoms with E-state index in [-0.39, 0.29) is 11.2 Å². The van der Waals surface area contributed by atoms with Gasteiger partial charge in [0.05, 0.1) is 28.4 Å². The zero-order valence-electron chi connectivity index (χ0n) is 12.0. The molecule has 0 atom stereocenters. The van der Waals surface area contributed by atoms with Gasteiger partial charge < -0.3 is 9.31 Å². The molecule has 1 fully saturated rings. The van der Waals surface area contributed by atoms with Crippen molar-refractivity contribution in [1.29, 1.82) is 0 Å². The summed E-state index contributed by atoms with van der Waals surface area (Å²) < 4.78 is 12.1. The highest BCUT2D eigenvalue weighted by atomic mass is 35.5. The Kier molecular flexibility index (Phi) is 3.05. The second-order valence-corrected chi connectivity index (χ2v) is 6.42. The molecule has 1 aliphatic heterocycles. The van der Waals surface area contributed by atoms with Gasteiger partial charge in [0.1, 0.15) is 5.15 Å². The van der Waals surface area contributed by atoms with Gasteiger partial charge in [-0.3, -0.25) is 4.98 Å². The van der Waals surface area contributed by atoms with Crippen molar-refractivity contribution >= 4 is 35.2 Å². The summed E-state index contributed by atoms with van der Waals surface area (Å²) >= 11 is 5.89. The van der Waals surface area contributed by atoms with Gasteiger partial charge in [0, 0.05) is 0 Å². The van der Waals surface area contributed by atoms with Crippen LogP contribution in [0, 0.1) is 0 Å². The zero-order chi connectivity index (χ0) is 14.5. The largest absolute Gasteiger partial charge is 0.494 e. The van der Waals surface area contributed by atoms with E-state index in [0.29, 0.717) is 5.15 Å². The third-order valence-electron chi connectivity index (χ3n) is 4.06. The average molecular weight is 291 g/mol. The van der Waals surface area contributed by atoms with Gasteiger partial charge in [-0.2, -0.15) is 0 Å². The van der Waals surface area contributed by atoms with Crippen LogP contribution in [0.3, 0.4) is 0 Å². The fraction of sp³-hybridized carbons (Fsp3) is 0.429. The van der Waals surface area contributed by atoms with Crippen LogP contribution in [0.25, 0.3) is 11.0 Å². The molecule has 0 bridgehead atoms. The highest BCUT2D eigenvalue weighted by Crippen LogP contribution is 2.36. The smallest absolute Gasteiger partial charge is 0.399 e. The molecule has 20 heavy (non-hydrogen) atoms. The number of benzene rings is 1. The van der Waals surface area contributed by atoms with Crippen LogP contribution in [-0.2, 0) is 9.31 Å². The minimum absolute atomic E-state index is 0.355. The van der Waals surface area contributed by atoms with Gasteiger partial charge in [0.15, 0.2) is 0 Å². The minimum atomic E-state index is -0.398. The van der Waals surface area contributed by atoms with Gasteiger partial charge >= 0.3 is 7.12 Å². The van der Waals surface area contributed by atoms with Gasteiger partial charge in [-0.15, -0.1) is 0 Å². The van der Waals surface area contributed by atoms with Crippen molar-refractivity contribution in [3.8, 4) is 0 Å². The molecule has 1 aromatic carbocycles. The molecule has 1 aliphatic rings. The highest BCUT2D eigenvalue weighted by Gasteiger charge is 2.51. The van der Waals surface area contributed by atoms with Crippen LogP contribution in [0.5, 0.6) is 0 Å². The van der Waals surface area contributed by atoms with Crippen molar-refractivity contribution in [2.45, 2.75) is 38.9 Å². The molecule has 0 N–H and O–H groups in total. The van der Waals surface area contributed by atoms with E-state index in [1.165, 1.54) is 0 Å². The monoisotopic (exact) mass is 290 g/mol. The SMILES string of the molecule is CC1(C)OB(c2ccc3ncc(Cl)nc3c2)OC1(C)C. The van der Waals surface area contributed by atoms with Crippen LogP contribution in [-0.4, -0.2) is 28.3 Å². The van der Waals surface area contributed by atoms with E-state index in [1.807, 2.05) is 45.9 Å². The van der Waals surface area contributed by atoms with Crippen molar-refractivity contribution in [3.05, 3.63) is 29.5 Å². The summed E-state index contributed by atoms with van der Waals surface area (Å²) in [5.74, 6) is 0. The molecule has 6 heteroatoms. The normalized spacial score (nSPS) is 20.6. The molecule has 0 spiro atoms. The van der Waals surface area contributed by atoms with E-state index in [1.54, 1.807) is 6.20 Å². The summed E-state index contributed by atoms with van der Waals surface area (Å²) in [6.45, 7) is 8.13. The Bertz CT molecular complexity index is 659. The third kappa shape index (κ3) is 2.20. The lowest BCUT2D eigenvalue weighted by molar-refractivity contribution is 0.00578. The molecule has 3 rings (SSSR count). The van der Waals surface area contributed by atoms with Gasteiger partial charge in [-0.05, 0) is 45.3 Å². The Hall–Kier alpha value is -1.17. The first-order valence-corrected chi connectivity index (χ1v) is 6.94. The summed E-state index contributed by atoms with van der Waals surface area (Å²) in [5.41, 5.74) is 1.76. The van der Waals surface area contributed by atoms with Crippen LogP contribution in [0.15, 0.2) is 24.4 Å². The lowest BCUT2D eigenvalue weighted by Crippen LogP contribution is -2.41. The fourth-order valence-corrected chi connectivity index (χ4v) is 2.27. The molecule has 104 valence electrons. The van der Waals surface area contributed by atoms with E-state index < -0.39 is 7.12 Å². The van der Waals surface area contributed by atoms with Crippen LogP contribution in [0.1, 0.15) is 27.7 Å². The topological polar surface area (TPSA) is 44.2 Å². The molecule has 1 aromatic heterocycles. The maximum absolute atomic E-state index is 6.03. The minimum Gasteiger partial charge on any atom is -0.399 e. The summed E-state index contributed by atoms with van der Waals surface area (Å²) in [5, 5.41) is 0.378. The standard InChI is InChI=1S/C14H16BClN2O2/c1-13(2)14(3,4)20-15(19-13)9-5-6-10-11(7-9)18-12(16)8-17-10/h5-8H,1-4H3. The van der Waals surface area contributed by atoms with Crippen LogP contribution in [0.2, 0.25) is 5.15 Å². The van der Waals surface area contributed by atoms with Gasteiger partial charge in [-0.1, -0.05) is 17.7 Å². The summed E-state index contributed by atoms with van der Waals surface area (Å²) in [6.07, 6.45) is 1.54. The van der Waals surface area contributed by atoms with Gasteiger partial charge in [-0.25, -0.2) is 4.98 Å². The second kappa shape index (κ2) is 4.42. The zero-order valence-corrected chi connectivity index (χ0v) is 12.7. The summed E-state index contributed by atoms with van der Waals surface area (Å²) in [4.78, 5) is 8.50. The fourth-order valence-electron chi connectivity index (χ4n) is 2.13. The first-order valence-electron chi connectivity index (χ1n) is 6.56. The first kappa shape index (κ1) is 13.8. The second-order valence-electron chi connectivity index (χ2n) is 6.03. The van der Waals surface area contributed by atoms with Crippen LogP contribution >= 0.6 is 11.6 Å². The number of fused-ring (bicyclic) bond motifs is 1. The highest BCUT2D eigenvalue weighted by molar-refractivity contribution is 6.62. The first-order chi connectivity index (χ1) is 9.28. The molecule has 0 aliphatic carbocycles. The Morgan fingerprint density at radius 1 is 1.05 bits per heavy atom. The molecular weight excluding hydrogens is 274 g/mol. The summed E-state index contributed by atoms with van der Waals surface area (Å²) in [6, 6.07) is 5.77. The molecule has 4 nitrogen and oxygen atoms in total. The van der Waals surface area contributed by atoms with Crippen molar-refractivity contribution in [2.75, 3.05) is 0 Å². The lowest BCUT2D eigenvalue weighted by atomic mass is 9.79. The number of nitrogens with zero attached hydrogens (tertiary/aromatic N) is 2. The number of hydrogen-bond acceptors (Lipinski definition) is 4. The van der Waals surface area contributed by atoms with E-state index >= 15 is 0 Å². The maximum atomic E-state index is 6.03. The molecule has 2 heterocycles. The predicted molar refractivity (Wildman–Crippen MR) is 80.3 cm³/mol. The van der Waals surface area contributed by atoms with Crippen molar-refractivity contribution in [1.82, 2.24) is 9.97 Å². The lowest BCUT2D eigenvalue weighted by Gasteiger charge is -2.32. The Labute approximate surface area is 123 Å². The molecule has 0 saturated carbocycles. The maximum Gasteiger partial charge on any atom is 0.494 e. The Morgan fingerprint density at radius 2 is 1.70 bits per heavy atom. The molecule has 1 saturated heterocycles. The van der Waals surface area contributed by atoms with Crippen molar-refractivity contribution in [2.24, 2.45) is 0 Å². The van der Waals surface area contributed by atoms with Crippen molar-refractivity contribution in [3.63, 3.8) is 0 Å². The van der Waals surface area contributed by atoms with E-state index in [9.17, 15) is 0 Å². The van der Waals surface area contributed by atoms with E-state index in [4.69, 9.17) is 20.9 Å². The molecule has 0 amide bonds. The van der Waals surface area contributed by atoms with E-state index in [0.717, 1.165) is 16.5 Å². The Morgan fingerprint density at radius 3 is 2.35 bits per heavy atom. The van der Waals surface area contributed by atoms with Gasteiger partial charge in [0.2, 0.25) is 0 Å². The van der Waals surface area contributed by atoms with Crippen LogP contribution < -0.4 is 5.46 Å². The van der Waals surface area contributed by atoms with Crippen molar-refractivity contribution < 1.29 is 9.31 Å². The number of rotatable bonds is 1. The molecular formula is C14H16BClN2O2. The van der Waals surface area contributed by atoms with Crippen LogP contribution in [0.4, 0.5) is 0 Å². The molecule has 2 aromatic rings.